The van der Waals surface area contributed by atoms with Gasteiger partial charge in [-0.2, -0.15) is 23.1 Å². The number of hydrogen-bond acceptors (Lipinski definition) is 13. The number of methoxy groups -OCH3 is 2. The van der Waals surface area contributed by atoms with Gasteiger partial charge in [-0.3, -0.25) is 9.80 Å². The minimum absolute atomic E-state index is 0.0411. The van der Waals surface area contributed by atoms with Crippen molar-refractivity contribution < 1.29 is 55.2 Å². The molecule has 0 N–H and O–H groups in total. The summed E-state index contributed by atoms with van der Waals surface area (Å²) >= 11 is 0. The van der Waals surface area contributed by atoms with Crippen molar-refractivity contribution in [3.63, 3.8) is 0 Å². The number of pyridine rings is 1. The van der Waals surface area contributed by atoms with Crippen LogP contribution in [0.5, 0.6) is 23.4 Å². The average Bonchev–Trinajstić information content (AvgIpc) is 4.03. The van der Waals surface area contributed by atoms with Gasteiger partial charge in [0.1, 0.15) is 51.4 Å². The van der Waals surface area contributed by atoms with Gasteiger partial charge in [-0.1, -0.05) is 24.3 Å². The third kappa shape index (κ3) is 9.30. The molecule has 6 atom stereocenters. The Kier molecular flexibility index (Phi) is 12.8. The zero-order valence-electron chi connectivity index (χ0n) is 40.8. The average molecular weight is 988 g/mol. The number of alkyl halides is 3. The second-order valence-electron chi connectivity index (χ2n) is 20.1. The number of piperazine rings is 1. The third-order valence-electron chi connectivity index (χ3n) is 14.3. The molecular formula is C52H58F5N7O7. The van der Waals surface area contributed by atoms with Crippen LogP contribution in [-0.2, 0) is 28.7 Å². The van der Waals surface area contributed by atoms with Crippen LogP contribution in [0.4, 0.5) is 38.3 Å². The van der Waals surface area contributed by atoms with E-state index in [0.29, 0.717) is 54.5 Å². The highest BCUT2D eigenvalue weighted by atomic mass is 19.4. The van der Waals surface area contributed by atoms with E-state index in [4.69, 9.17) is 33.4 Å². The van der Waals surface area contributed by atoms with E-state index >= 15 is 22.0 Å². The zero-order chi connectivity index (χ0) is 50.1. The molecule has 1 unspecified atom stereocenters. The number of benzene rings is 3. The van der Waals surface area contributed by atoms with E-state index in [0.717, 1.165) is 32.5 Å². The maximum Gasteiger partial charge on any atom is 0.417 e. The fraction of sp³-hybridized carbons (Fsp3) is 0.500. The lowest BCUT2D eigenvalue weighted by Gasteiger charge is -2.48. The van der Waals surface area contributed by atoms with E-state index in [9.17, 15) is 4.79 Å². The number of amides is 1. The maximum absolute atomic E-state index is 18.0. The van der Waals surface area contributed by atoms with Crippen molar-refractivity contribution in [3.8, 4) is 34.6 Å². The maximum atomic E-state index is 18.0. The van der Waals surface area contributed by atoms with Gasteiger partial charge in [-0.25, -0.2) is 18.6 Å². The molecule has 0 spiro atoms. The molecule has 4 saturated heterocycles. The predicted octanol–water partition coefficient (Wildman–Crippen LogP) is 9.50. The van der Waals surface area contributed by atoms with Gasteiger partial charge < -0.3 is 38.2 Å². The number of fused-ring (bicyclic) bond motifs is 7. The Hall–Kier alpha value is -6.21. The highest BCUT2D eigenvalue weighted by Crippen LogP contribution is 2.49. The Morgan fingerprint density at radius 1 is 0.887 bits per heavy atom. The van der Waals surface area contributed by atoms with Crippen LogP contribution in [0.3, 0.4) is 0 Å². The number of ether oxygens (including phenoxy) is 6. The van der Waals surface area contributed by atoms with Crippen molar-refractivity contribution in [2.45, 2.75) is 122 Å². The molecule has 0 radical (unpaired) electrons. The van der Waals surface area contributed by atoms with E-state index in [-0.39, 0.29) is 72.7 Å². The summed E-state index contributed by atoms with van der Waals surface area (Å²) in [6.45, 7) is 11.0. The van der Waals surface area contributed by atoms with Crippen LogP contribution in [0.1, 0.15) is 75.6 Å². The summed E-state index contributed by atoms with van der Waals surface area (Å²) in [5, 5.41) is 0.0411. The van der Waals surface area contributed by atoms with Crippen molar-refractivity contribution >= 4 is 28.5 Å². The summed E-state index contributed by atoms with van der Waals surface area (Å²) in [7, 11) is 3.05. The smallest absolute Gasteiger partial charge is 0.417 e. The minimum Gasteiger partial charge on any atom is -0.497 e. The Morgan fingerprint density at radius 3 is 2.15 bits per heavy atom. The first-order chi connectivity index (χ1) is 33.9. The minimum atomic E-state index is -5.17. The molecule has 7 heterocycles. The van der Waals surface area contributed by atoms with Gasteiger partial charge in [0.05, 0.1) is 62.9 Å². The van der Waals surface area contributed by atoms with Crippen LogP contribution in [0.2, 0.25) is 0 Å². The molecule has 5 aliphatic rings. The predicted molar refractivity (Wildman–Crippen MR) is 254 cm³/mol. The van der Waals surface area contributed by atoms with Crippen LogP contribution in [-0.4, -0.2) is 120 Å². The summed E-state index contributed by atoms with van der Waals surface area (Å²) in [6, 6.07) is 13.9. The number of carbonyl (C=O) groups excluding carboxylic acids is 1. The Balaban J connectivity index is 1.11. The second kappa shape index (κ2) is 18.8. The number of nitrogens with zero attached hydrogens (tertiary/aromatic N) is 7. The lowest BCUT2D eigenvalue weighted by molar-refractivity contribution is -0.137. The number of rotatable bonds is 13. The van der Waals surface area contributed by atoms with E-state index in [1.165, 1.54) is 14.2 Å². The van der Waals surface area contributed by atoms with Crippen LogP contribution in [0.15, 0.2) is 54.6 Å². The molecule has 5 aromatic rings. The topological polar surface area (TPSA) is 124 Å². The first-order valence-electron chi connectivity index (χ1n) is 24.1. The fourth-order valence-corrected chi connectivity index (χ4v) is 11.1. The van der Waals surface area contributed by atoms with E-state index in [1.54, 1.807) is 86.0 Å². The lowest BCUT2D eigenvalue weighted by atomic mass is 9.95. The Bertz CT molecular complexity index is 2760. The first-order valence-corrected chi connectivity index (χ1v) is 24.1. The normalized spacial score (nSPS) is 22.6. The SMILES string of the molecule is COc1ccc(CN(Cc2ccc(OC)cc2)c2cc(-c3nc4c5c(nc(OCCCN6CC7C[C@@H]6CO7)nc5c3F)N3C[C@H]5CC[C@@H]([C@H]3[C@H](C)O4)N5C(=O)OC(C)(C)C)c(C(F)(F)F)c(C)c2F)cc1. The third-order valence-corrected chi connectivity index (χ3v) is 14.3. The molecule has 10 rings (SSSR count). The summed E-state index contributed by atoms with van der Waals surface area (Å²) < 4.78 is 117. The molecule has 4 bridgehead atoms. The number of halogens is 5. The van der Waals surface area contributed by atoms with Crippen LogP contribution >= 0.6 is 0 Å². The molecule has 3 aromatic carbocycles. The molecule has 5 aliphatic heterocycles. The van der Waals surface area contributed by atoms with E-state index in [2.05, 4.69) is 14.9 Å². The number of morpholine rings is 1. The molecule has 0 saturated carbocycles. The molecule has 378 valence electrons. The van der Waals surface area contributed by atoms with E-state index in [1.807, 2.05) is 4.90 Å². The lowest BCUT2D eigenvalue weighted by Crippen LogP contribution is -2.65. The molecule has 4 fully saturated rings. The van der Waals surface area contributed by atoms with Gasteiger partial charge in [0.2, 0.25) is 5.88 Å². The number of hydrogen-bond donors (Lipinski definition) is 0. The Morgan fingerprint density at radius 2 is 1.56 bits per heavy atom. The standard InChI is InChI=1S/C52H58F5N7O7/c1-28-41(52(55,56)57)37(22-39(42(28)53)62(23-30-9-14-34(66-6)15-10-30)24-31-11-16-35(67-7)17-12-31)44-43(54)45-40-47(60-49(59-45)68-20-8-19-61-26-36-21-33(61)27-69-36)63-25-32-13-18-38(46(63)29(2)70-48(40)58-44)64(32)50(65)71-51(3,4)5/h9-12,14-17,22,29,32-33,36,38,46H,8,13,18-21,23-27H2,1-7H3/t29-,32+,33+,36?,38-,46+/m0/s1. The molecule has 14 nitrogen and oxygen atoms in total. The summed E-state index contributed by atoms with van der Waals surface area (Å²) in [6.07, 6.45) is -3.37. The van der Waals surface area contributed by atoms with Gasteiger partial charge in [0, 0.05) is 44.3 Å². The zero-order valence-corrected chi connectivity index (χ0v) is 40.8. The number of likely N-dealkylation sites (tertiary alicyclic amines) is 1. The quantitative estimate of drug-likeness (QED) is 0.0823. The molecule has 1 amide bonds. The summed E-state index contributed by atoms with van der Waals surface area (Å²) in [4.78, 5) is 35.6. The van der Waals surface area contributed by atoms with Crippen molar-refractivity contribution in [2.75, 3.05) is 56.9 Å². The van der Waals surface area contributed by atoms with Crippen molar-refractivity contribution in [2.24, 2.45) is 0 Å². The molecule has 2 aromatic heterocycles. The molecular weight excluding hydrogens is 930 g/mol. The van der Waals surface area contributed by atoms with Crippen LogP contribution in [0, 0.1) is 18.6 Å². The number of aromatic nitrogens is 3. The van der Waals surface area contributed by atoms with Crippen molar-refractivity contribution in [1.82, 2.24) is 24.8 Å². The van der Waals surface area contributed by atoms with Crippen molar-refractivity contribution in [3.05, 3.63) is 88.5 Å². The molecule has 19 heteroatoms. The summed E-state index contributed by atoms with van der Waals surface area (Å²) in [5.41, 5.74) is -3.58. The van der Waals surface area contributed by atoms with Crippen LogP contribution in [0.25, 0.3) is 22.2 Å². The largest absolute Gasteiger partial charge is 0.497 e. The highest BCUT2D eigenvalue weighted by molar-refractivity contribution is 5.98. The van der Waals surface area contributed by atoms with Crippen LogP contribution < -0.4 is 28.7 Å². The van der Waals surface area contributed by atoms with E-state index < -0.39 is 70.1 Å². The number of carbonyl (C=O) groups is 1. The van der Waals surface area contributed by atoms with Gasteiger partial charge in [-0.05, 0) is 107 Å². The van der Waals surface area contributed by atoms with Gasteiger partial charge in [-0.15, -0.1) is 0 Å². The monoisotopic (exact) mass is 987 g/mol. The molecule has 71 heavy (non-hydrogen) atoms. The van der Waals surface area contributed by atoms with Gasteiger partial charge in [0.15, 0.2) is 5.82 Å². The highest BCUT2D eigenvalue weighted by Gasteiger charge is 2.54. The number of anilines is 2. The Labute approximate surface area is 408 Å². The fourth-order valence-electron chi connectivity index (χ4n) is 11.1. The van der Waals surface area contributed by atoms with Gasteiger partial charge >= 0.3 is 18.3 Å². The molecule has 0 aliphatic carbocycles. The second-order valence-corrected chi connectivity index (χ2v) is 20.1. The van der Waals surface area contributed by atoms with Gasteiger partial charge in [0.25, 0.3) is 0 Å². The van der Waals surface area contributed by atoms with Crippen molar-refractivity contribution in [1.29, 1.82) is 0 Å². The first kappa shape index (κ1) is 48.4. The summed E-state index contributed by atoms with van der Waals surface area (Å²) in [5.74, 6) is -1.16.